The van der Waals surface area contributed by atoms with Crippen LogP contribution in [0.15, 0.2) is 72.8 Å². The number of rotatable bonds is 4. The zero-order chi connectivity index (χ0) is 18.6. The highest BCUT2D eigenvalue weighted by atomic mass is 16.1. The number of carbonyl (C=O) groups is 1. The predicted molar refractivity (Wildman–Crippen MR) is 105 cm³/mol. The molecule has 1 aromatic heterocycles. The Morgan fingerprint density at radius 1 is 1.04 bits per heavy atom. The standard InChI is InChI=1S/C22H16N4O/c1-2-16-6-5-7-19(14-16)23-22(27)18-12-10-17(11-13-18)15-26-21-9-4-3-8-20(21)24-25-26/h1,3-14H,15H2,(H,23,27). The monoisotopic (exact) mass is 352 g/mol. The summed E-state index contributed by atoms with van der Waals surface area (Å²) in [6.07, 6.45) is 5.39. The van der Waals surface area contributed by atoms with E-state index in [9.17, 15) is 4.79 Å². The van der Waals surface area contributed by atoms with Crippen LogP contribution in [-0.4, -0.2) is 20.9 Å². The largest absolute Gasteiger partial charge is 0.322 e. The van der Waals surface area contributed by atoms with Crippen LogP contribution in [0.1, 0.15) is 21.5 Å². The lowest BCUT2D eigenvalue weighted by atomic mass is 10.1. The number of hydrogen-bond donors (Lipinski definition) is 1. The molecule has 0 bridgehead atoms. The maximum absolute atomic E-state index is 12.4. The van der Waals surface area contributed by atoms with Crippen LogP contribution >= 0.6 is 0 Å². The second-order valence-corrected chi connectivity index (χ2v) is 6.11. The zero-order valence-corrected chi connectivity index (χ0v) is 14.5. The topological polar surface area (TPSA) is 59.8 Å². The van der Waals surface area contributed by atoms with Gasteiger partial charge in [0, 0.05) is 16.8 Å². The molecule has 0 unspecified atom stereocenters. The number of fused-ring (bicyclic) bond motifs is 1. The number of carbonyl (C=O) groups excluding carboxylic acids is 1. The molecule has 1 N–H and O–H groups in total. The Morgan fingerprint density at radius 2 is 1.85 bits per heavy atom. The van der Waals surface area contributed by atoms with E-state index >= 15 is 0 Å². The fourth-order valence-corrected chi connectivity index (χ4v) is 2.86. The molecule has 0 aliphatic carbocycles. The van der Waals surface area contributed by atoms with Crippen molar-refractivity contribution < 1.29 is 4.79 Å². The molecule has 0 saturated carbocycles. The average Bonchev–Trinajstić information content (AvgIpc) is 3.11. The van der Waals surface area contributed by atoms with Gasteiger partial charge in [0.1, 0.15) is 5.52 Å². The predicted octanol–water partition coefficient (Wildman–Crippen LogP) is 3.71. The summed E-state index contributed by atoms with van der Waals surface area (Å²) in [4.78, 5) is 12.4. The van der Waals surface area contributed by atoms with Gasteiger partial charge in [-0.1, -0.05) is 41.5 Å². The van der Waals surface area contributed by atoms with Gasteiger partial charge in [0.25, 0.3) is 5.91 Å². The molecular weight excluding hydrogens is 336 g/mol. The van der Waals surface area contributed by atoms with Crippen molar-refractivity contribution in [3.63, 3.8) is 0 Å². The minimum absolute atomic E-state index is 0.179. The van der Waals surface area contributed by atoms with Gasteiger partial charge in [-0.05, 0) is 48.0 Å². The van der Waals surface area contributed by atoms with Gasteiger partial charge in [-0.3, -0.25) is 4.79 Å². The fraction of sp³-hybridized carbons (Fsp3) is 0.0455. The average molecular weight is 352 g/mol. The van der Waals surface area contributed by atoms with Gasteiger partial charge in [-0.25, -0.2) is 4.68 Å². The first-order valence-corrected chi connectivity index (χ1v) is 8.48. The van der Waals surface area contributed by atoms with Crippen molar-refractivity contribution in [2.24, 2.45) is 0 Å². The van der Waals surface area contributed by atoms with Gasteiger partial charge in [0.2, 0.25) is 0 Å². The second kappa shape index (κ2) is 7.14. The lowest BCUT2D eigenvalue weighted by Gasteiger charge is -2.07. The number of nitrogens with zero attached hydrogens (tertiary/aromatic N) is 3. The van der Waals surface area contributed by atoms with E-state index in [1.165, 1.54) is 0 Å². The summed E-state index contributed by atoms with van der Waals surface area (Å²) in [6, 6.07) is 22.5. The summed E-state index contributed by atoms with van der Waals surface area (Å²) in [7, 11) is 0. The molecule has 0 fully saturated rings. The van der Waals surface area contributed by atoms with Crippen molar-refractivity contribution in [2.75, 3.05) is 5.32 Å². The van der Waals surface area contributed by atoms with Crippen LogP contribution in [0.25, 0.3) is 11.0 Å². The maximum Gasteiger partial charge on any atom is 0.255 e. The number of benzene rings is 3. The number of aromatic nitrogens is 3. The number of nitrogens with one attached hydrogen (secondary N) is 1. The fourth-order valence-electron chi connectivity index (χ4n) is 2.86. The molecular formula is C22H16N4O. The summed E-state index contributed by atoms with van der Waals surface area (Å²) in [5.74, 6) is 2.38. The minimum atomic E-state index is -0.179. The van der Waals surface area contributed by atoms with Crippen LogP contribution in [0.3, 0.4) is 0 Å². The van der Waals surface area contributed by atoms with Gasteiger partial charge < -0.3 is 5.32 Å². The highest BCUT2D eigenvalue weighted by Crippen LogP contribution is 2.15. The van der Waals surface area contributed by atoms with Gasteiger partial charge in [-0.2, -0.15) is 0 Å². The van der Waals surface area contributed by atoms with E-state index < -0.39 is 0 Å². The molecule has 4 aromatic rings. The highest BCUT2D eigenvalue weighted by Gasteiger charge is 2.08. The lowest BCUT2D eigenvalue weighted by molar-refractivity contribution is 0.102. The van der Waals surface area contributed by atoms with Crippen LogP contribution in [0.2, 0.25) is 0 Å². The Labute approximate surface area is 156 Å². The molecule has 3 aromatic carbocycles. The molecule has 0 saturated heterocycles. The Balaban J connectivity index is 1.48. The van der Waals surface area contributed by atoms with E-state index in [-0.39, 0.29) is 5.91 Å². The van der Waals surface area contributed by atoms with E-state index in [2.05, 4.69) is 21.5 Å². The molecule has 130 valence electrons. The van der Waals surface area contributed by atoms with Crippen LogP contribution < -0.4 is 5.32 Å². The highest BCUT2D eigenvalue weighted by molar-refractivity contribution is 6.04. The normalized spacial score (nSPS) is 10.5. The summed E-state index contributed by atoms with van der Waals surface area (Å²) < 4.78 is 1.84. The van der Waals surface area contributed by atoms with E-state index in [1.807, 2.05) is 59.3 Å². The quantitative estimate of drug-likeness (QED) is 0.570. The minimum Gasteiger partial charge on any atom is -0.322 e. The van der Waals surface area contributed by atoms with Crippen LogP contribution in [-0.2, 0) is 6.54 Å². The van der Waals surface area contributed by atoms with Crippen LogP contribution in [0, 0.1) is 12.3 Å². The molecule has 5 heteroatoms. The van der Waals surface area contributed by atoms with Gasteiger partial charge in [-0.15, -0.1) is 11.5 Å². The SMILES string of the molecule is C#Cc1cccc(NC(=O)c2ccc(Cn3nnc4ccccc43)cc2)c1. The summed E-state index contributed by atoms with van der Waals surface area (Å²) in [6.45, 7) is 0.590. The molecule has 1 heterocycles. The van der Waals surface area contributed by atoms with E-state index in [1.54, 1.807) is 18.2 Å². The number of anilines is 1. The zero-order valence-electron chi connectivity index (χ0n) is 14.5. The Hall–Kier alpha value is -3.91. The van der Waals surface area contributed by atoms with Crippen molar-refractivity contribution in [3.05, 3.63) is 89.5 Å². The van der Waals surface area contributed by atoms with Crippen molar-refractivity contribution in [1.82, 2.24) is 15.0 Å². The van der Waals surface area contributed by atoms with Gasteiger partial charge in [0.05, 0.1) is 12.1 Å². The summed E-state index contributed by atoms with van der Waals surface area (Å²) in [5, 5.41) is 11.2. The summed E-state index contributed by atoms with van der Waals surface area (Å²) >= 11 is 0. The van der Waals surface area contributed by atoms with E-state index in [0.717, 1.165) is 22.2 Å². The second-order valence-electron chi connectivity index (χ2n) is 6.11. The number of para-hydroxylation sites is 1. The molecule has 0 aliphatic rings. The Kier molecular flexibility index (Phi) is 4.38. The van der Waals surface area contributed by atoms with E-state index in [0.29, 0.717) is 17.8 Å². The Bertz CT molecular complexity index is 1150. The first-order valence-electron chi connectivity index (χ1n) is 8.48. The number of amides is 1. The van der Waals surface area contributed by atoms with Gasteiger partial charge in [0.15, 0.2) is 0 Å². The molecule has 0 radical (unpaired) electrons. The van der Waals surface area contributed by atoms with Crippen molar-refractivity contribution in [3.8, 4) is 12.3 Å². The molecule has 27 heavy (non-hydrogen) atoms. The van der Waals surface area contributed by atoms with Crippen LogP contribution in [0.5, 0.6) is 0 Å². The number of hydrogen-bond acceptors (Lipinski definition) is 3. The molecule has 0 atom stereocenters. The summed E-state index contributed by atoms with van der Waals surface area (Å²) in [5.41, 5.74) is 4.86. The third-order valence-corrected chi connectivity index (χ3v) is 4.26. The third kappa shape index (κ3) is 3.55. The van der Waals surface area contributed by atoms with Crippen LogP contribution in [0.4, 0.5) is 5.69 Å². The Morgan fingerprint density at radius 3 is 2.67 bits per heavy atom. The van der Waals surface area contributed by atoms with Crippen molar-refractivity contribution in [1.29, 1.82) is 0 Å². The van der Waals surface area contributed by atoms with Gasteiger partial charge >= 0.3 is 0 Å². The molecule has 5 nitrogen and oxygen atoms in total. The smallest absolute Gasteiger partial charge is 0.255 e. The number of terminal acetylenes is 1. The molecule has 0 aliphatic heterocycles. The van der Waals surface area contributed by atoms with Crippen molar-refractivity contribution >= 4 is 22.6 Å². The first kappa shape index (κ1) is 16.6. The lowest BCUT2D eigenvalue weighted by Crippen LogP contribution is -2.12. The molecule has 4 rings (SSSR count). The molecule has 0 spiro atoms. The van der Waals surface area contributed by atoms with E-state index in [4.69, 9.17) is 6.42 Å². The first-order chi connectivity index (χ1) is 13.2. The van der Waals surface area contributed by atoms with Crippen molar-refractivity contribution in [2.45, 2.75) is 6.54 Å². The maximum atomic E-state index is 12.4. The molecule has 1 amide bonds. The third-order valence-electron chi connectivity index (χ3n) is 4.26.